The number of carbonyl (C=O) groups is 2. The van der Waals surface area contributed by atoms with Crippen LogP contribution in [0.15, 0.2) is 22.8 Å². The van der Waals surface area contributed by atoms with Gasteiger partial charge in [0.15, 0.2) is 11.4 Å². The van der Waals surface area contributed by atoms with E-state index in [-0.39, 0.29) is 0 Å². The predicted octanol–water partition coefficient (Wildman–Crippen LogP) is 6.42. The highest BCUT2D eigenvalue weighted by Crippen LogP contribution is 2.45. The topological polar surface area (TPSA) is 82.9 Å². The zero-order chi connectivity index (χ0) is 24.9. The van der Waals surface area contributed by atoms with Crippen LogP contribution in [0.25, 0.3) is 21.9 Å². The minimum absolute atomic E-state index is 0.322. The molecular weight excluding hydrogens is 490 g/mol. The second-order valence-corrected chi connectivity index (χ2v) is 10.7. The molecule has 0 aliphatic rings. The number of benzene rings is 1. The molecule has 0 saturated carbocycles. The minimum Gasteiger partial charge on any atom is -0.492 e. The third kappa shape index (κ3) is 4.93. The molecule has 0 radical (unpaired) electrons. The summed E-state index contributed by atoms with van der Waals surface area (Å²) in [5, 5.41) is 1.48. The van der Waals surface area contributed by atoms with Gasteiger partial charge in [0.05, 0.1) is 12.8 Å². The first-order valence-corrected chi connectivity index (χ1v) is 11.3. The Morgan fingerprint density at radius 1 is 1.06 bits per heavy atom. The summed E-state index contributed by atoms with van der Waals surface area (Å²) in [6, 6.07) is 3.72. The molecule has 33 heavy (non-hydrogen) atoms. The van der Waals surface area contributed by atoms with Gasteiger partial charge in [-0.3, -0.25) is 4.90 Å². The standard InChI is InChI=1S/C24H30BrN3O5/c1-13-10-14-17-15(25)11-16(27(8)21(29)32-23(2,3)4)19(31-9)18(17)28(20(14)26-12-13)22(30)33-24(5,6)7/h10-12H,1-9H3. The number of ether oxygens (including phenoxy) is 3. The smallest absolute Gasteiger partial charge is 0.420 e. The first-order chi connectivity index (χ1) is 15.1. The summed E-state index contributed by atoms with van der Waals surface area (Å²) >= 11 is 3.63. The van der Waals surface area contributed by atoms with E-state index in [2.05, 4.69) is 20.9 Å². The summed E-state index contributed by atoms with van der Waals surface area (Å²) in [5.74, 6) is 0.322. The summed E-state index contributed by atoms with van der Waals surface area (Å²) in [7, 11) is 3.08. The van der Waals surface area contributed by atoms with Gasteiger partial charge in [-0.2, -0.15) is 0 Å². The van der Waals surface area contributed by atoms with Crippen molar-refractivity contribution in [3.63, 3.8) is 0 Å². The molecule has 2 aromatic heterocycles. The molecule has 0 aliphatic carbocycles. The molecule has 0 unspecified atom stereocenters. The summed E-state index contributed by atoms with van der Waals surface area (Å²) in [6.45, 7) is 12.7. The van der Waals surface area contributed by atoms with Crippen LogP contribution < -0.4 is 9.64 Å². The molecule has 0 spiro atoms. The fraction of sp³-hybridized carbons (Fsp3) is 0.458. The largest absolute Gasteiger partial charge is 0.492 e. The van der Waals surface area contributed by atoms with Crippen molar-refractivity contribution in [3.8, 4) is 5.75 Å². The van der Waals surface area contributed by atoms with Gasteiger partial charge < -0.3 is 14.2 Å². The number of carbonyl (C=O) groups excluding carboxylic acids is 2. The van der Waals surface area contributed by atoms with E-state index in [1.54, 1.807) is 60.9 Å². The van der Waals surface area contributed by atoms with Gasteiger partial charge in [0.2, 0.25) is 0 Å². The number of methoxy groups -OCH3 is 1. The number of fused-ring (bicyclic) bond motifs is 3. The Labute approximate surface area is 201 Å². The van der Waals surface area contributed by atoms with Crippen LogP contribution in [-0.4, -0.2) is 47.1 Å². The lowest BCUT2D eigenvalue weighted by molar-refractivity contribution is 0.0548. The fourth-order valence-corrected chi connectivity index (χ4v) is 4.09. The van der Waals surface area contributed by atoms with E-state index in [9.17, 15) is 9.59 Å². The number of hydrogen-bond acceptors (Lipinski definition) is 6. The summed E-state index contributed by atoms with van der Waals surface area (Å²) in [4.78, 5) is 32.0. The van der Waals surface area contributed by atoms with Crippen LogP contribution in [0, 0.1) is 6.92 Å². The van der Waals surface area contributed by atoms with Crippen LogP contribution in [-0.2, 0) is 9.47 Å². The van der Waals surface area contributed by atoms with Gasteiger partial charge in [-0.05, 0) is 82.1 Å². The number of anilines is 1. The molecule has 9 heteroatoms. The van der Waals surface area contributed by atoms with Crippen molar-refractivity contribution in [2.24, 2.45) is 0 Å². The normalized spacial score (nSPS) is 12.2. The number of amides is 1. The Balaban J connectivity index is 2.39. The molecular formula is C24H30BrN3O5. The van der Waals surface area contributed by atoms with E-state index in [4.69, 9.17) is 14.2 Å². The molecule has 0 fully saturated rings. The number of halogens is 1. The molecule has 3 rings (SSSR count). The second kappa shape index (κ2) is 8.52. The van der Waals surface area contributed by atoms with Crippen molar-refractivity contribution in [1.29, 1.82) is 0 Å². The third-order valence-corrected chi connectivity index (χ3v) is 5.33. The molecule has 0 atom stereocenters. The van der Waals surface area contributed by atoms with Gasteiger partial charge in [0.1, 0.15) is 16.7 Å². The molecule has 8 nitrogen and oxygen atoms in total. The highest BCUT2D eigenvalue weighted by atomic mass is 79.9. The van der Waals surface area contributed by atoms with Crippen molar-refractivity contribution in [1.82, 2.24) is 9.55 Å². The van der Waals surface area contributed by atoms with E-state index in [1.807, 2.05) is 13.0 Å². The van der Waals surface area contributed by atoms with Gasteiger partial charge in [-0.15, -0.1) is 0 Å². The maximum absolute atomic E-state index is 13.3. The van der Waals surface area contributed by atoms with E-state index in [1.165, 1.54) is 16.6 Å². The highest BCUT2D eigenvalue weighted by Gasteiger charge is 2.30. The minimum atomic E-state index is -0.722. The Morgan fingerprint density at radius 2 is 1.67 bits per heavy atom. The molecule has 0 N–H and O–H groups in total. The number of hydrogen-bond donors (Lipinski definition) is 0. The maximum Gasteiger partial charge on any atom is 0.420 e. The van der Waals surface area contributed by atoms with Crippen LogP contribution in [0.3, 0.4) is 0 Å². The van der Waals surface area contributed by atoms with Crippen LogP contribution in [0.5, 0.6) is 5.75 Å². The van der Waals surface area contributed by atoms with Crippen LogP contribution >= 0.6 is 15.9 Å². The lowest BCUT2D eigenvalue weighted by Crippen LogP contribution is -2.34. The monoisotopic (exact) mass is 519 g/mol. The lowest BCUT2D eigenvalue weighted by atomic mass is 10.1. The number of nitrogens with zero attached hydrogens (tertiary/aromatic N) is 3. The zero-order valence-corrected chi connectivity index (χ0v) is 22.1. The SMILES string of the molecule is COc1c(N(C)C(=O)OC(C)(C)C)cc(Br)c2c3cc(C)cnc3n(C(=O)OC(C)(C)C)c12. The summed E-state index contributed by atoms with van der Waals surface area (Å²) < 4.78 is 19.1. The first-order valence-electron chi connectivity index (χ1n) is 10.5. The number of pyridine rings is 1. The fourth-order valence-electron chi connectivity index (χ4n) is 3.47. The molecule has 0 saturated heterocycles. The van der Waals surface area contributed by atoms with E-state index in [0.717, 1.165) is 16.3 Å². The average Bonchev–Trinajstić information content (AvgIpc) is 2.99. The van der Waals surface area contributed by atoms with Crippen LogP contribution in [0.2, 0.25) is 0 Å². The van der Waals surface area contributed by atoms with Crippen molar-refractivity contribution in [3.05, 3.63) is 28.4 Å². The second-order valence-electron chi connectivity index (χ2n) is 9.87. The zero-order valence-electron chi connectivity index (χ0n) is 20.5. The molecule has 2 heterocycles. The number of rotatable bonds is 2. The summed E-state index contributed by atoms with van der Waals surface area (Å²) in [6.07, 6.45) is 0.540. The maximum atomic E-state index is 13.3. The number of aryl methyl sites for hydroxylation is 1. The van der Waals surface area contributed by atoms with E-state index >= 15 is 0 Å². The van der Waals surface area contributed by atoms with Crippen molar-refractivity contribution in [2.45, 2.75) is 59.7 Å². The van der Waals surface area contributed by atoms with E-state index in [0.29, 0.717) is 27.1 Å². The average molecular weight is 520 g/mol. The van der Waals surface area contributed by atoms with Gasteiger partial charge in [0.25, 0.3) is 0 Å². The van der Waals surface area contributed by atoms with Crippen molar-refractivity contribution >= 4 is 55.7 Å². The summed E-state index contributed by atoms with van der Waals surface area (Å²) in [5.41, 5.74) is 0.843. The first kappa shape index (κ1) is 24.8. The molecule has 178 valence electrons. The molecule has 3 aromatic rings. The van der Waals surface area contributed by atoms with Crippen molar-refractivity contribution in [2.75, 3.05) is 19.1 Å². The molecule has 1 aromatic carbocycles. The van der Waals surface area contributed by atoms with Crippen molar-refractivity contribution < 1.29 is 23.8 Å². The molecule has 1 amide bonds. The quantitative estimate of drug-likeness (QED) is 0.388. The Hall–Kier alpha value is -2.81. The van der Waals surface area contributed by atoms with Gasteiger partial charge in [0, 0.05) is 28.5 Å². The van der Waals surface area contributed by atoms with E-state index < -0.39 is 23.4 Å². The Kier molecular flexibility index (Phi) is 6.41. The van der Waals surface area contributed by atoms with Gasteiger partial charge in [-0.25, -0.2) is 19.1 Å². The Morgan fingerprint density at radius 3 is 2.21 bits per heavy atom. The van der Waals surface area contributed by atoms with Gasteiger partial charge in [-0.1, -0.05) is 0 Å². The Bertz CT molecular complexity index is 1250. The van der Waals surface area contributed by atoms with Crippen LogP contribution in [0.4, 0.5) is 15.3 Å². The lowest BCUT2D eigenvalue weighted by Gasteiger charge is -2.26. The third-order valence-electron chi connectivity index (χ3n) is 4.70. The molecule has 0 bridgehead atoms. The van der Waals surface area contributed by atoms with Gasteiger partial charge >= 0.3 is 12.2 Å². The molecule has 0 aliphatic heterocycles. The number of aromatic nitrogens is 2. The predicted molar refractivity (Wildman–Crippen MR) is 132 cm³/mol. The van der Waals surface area contributed by atoms with Crippen LogP contribution in [0.1, 0.15) is 47.1 Å². The highest BCUT2D eigenvalue weighted by molar-refractivity contribution is 9.10.